The van der Waals surface area contributed by atoms with Crippen molar-refractivity contribution < 1.29 is 48.7 Å². The van der Waals surface area contributed by atoms with Crippen molar-refractivity contribution in [1.82, 2.24) is 0 Å². The fraction of sp³-hybridized carbons (Fsp3) is 0.727. The average Bonchev–Trinajstić information content (AvgIpc) is 2.35. The van der Waals surface area contributed by atoms with Gasteiger partial charge >= 0.3 is 35.5 Å². The van der Waals surface area contributed by atoms with Gasteiger partial charge in [-0.1, -0.05) is 0 Å². The zero-order valence-electron chi connectivity index (χ0n) is 11.8. The first-order valence-corrected chi connectivity index (χ1v) is 5.81. The molecular weight excluding hydrogens is 292 g/mol. The summed E-state index contributed by atoms with van der Waals surface area (Å²) in [6.07, 6.45) is -1.60. The third kappa shape index (κ3) is 2.70. The Hall–Kier alpha value is -1.75. The largest absolute Gasteiger partial charge is 0.423 e. The van der Waals surface area contributed by atoms with Crippen molar-refractivity contribution in [3.8, 4) is 0 Å². The van der Waals surface area contributed by atoms with E-state index in [0.717, 1.165) is 27.7 Å². The van der Waals surface area contributed by atoms with Crippen molar-refractivity contribution in [1.29, 1.82) is 0 Å². The number of esters is 3. The van der Waals surface area contributed by atoms with Gasteiger partial charge in [0.25, 0.3) is 0 Å². The maximum Gasteiger partial charge on any atom is 0.404 e. The Labute approximate surface area is 119 Å². The molecule has 0 aliphatic carbocycles. The van der Waals surface area contributed by atoms with E-state index in [9.17, 15) is 29.7 Å². The van der Waals surface area contributed by atoms with Crippen LogP contribution in [0.1, 0.15) is 27.7 Å². The van der Waals surface area contributed by atoms with E-state index in [2.05, 4.69) is 14.2 Å². The predicted molar refractivity (Wildman–Crippen MR) is 60.7 cm³/mol. The number of aliphatic hydroxyl groups is 3. The van der Waals surface area contributed by atoms with E-state index in [0.29, 0.717) is 0 Å². The van der Waals surface area contributed by atoms with Crippen LogP contribution in [0.3, 0.4) is 0 Å². The standard InChI is InChI=1S/C11H16O10/c1-5-9(15,19-6(2)12)10(16,20-7(3)13)11(17,18-5)21-8(4)14/h5,15-17H,1-4H3/t5-,9+,10+,11+/m1/s1. The topological polar surface area (TPSA) is 149 Å². The Morgan fingerprint density at radius 1 is 0.905 bits per heavy atom. The number of rotatable bonds is 3. The Kier molecular flexibility index (Phi) is 4.30. The summed E-state index contributed by atoms with van der Waals surface area (Å²) in [6, 6.07) is 0. The molecule has 3 N–H and O–H groups in total. The van der Waals surface area contributed by atoms with Crippen molar-refractivity contribution in [3.05, 3.63) is 0 Å². The molecular formula is C11H16O10. The van der Waals surface area contributed by atoms with Crippen LogP contribution in [0.2, 0.25) is 0 Å². The van der Waals surface area contributed by atoms with E-state index >= 15 is 0 Å². The van der Waals surface area contributed by atoms with Crippen LogP contribution >= 0.6 is 0 Å². The molecule has 0 aromatic heterocycles. The quantitative estimate of drug-likeness (QED) is 0.307. The van der Waals surface area contributed by atoms with E-state index in [-0.39, 0.29) is 0 Å². The second-order valence-corrected chi connectivity index (χ2v) is 4.46. The van der Waals surface area contributed by atoms with E-state index in [1.807, 2.05) is 0 Å². The highest BCUT2D eigenvalue weighted by atomic mass is 16.9. The maximum atomic E-state index is 11.1. The molecule has 0 radical (unpaired) electrons. The molecule has 0 spiro atoms. The number of hydrogen-bond acceptors (Lipinski definition) is 10. The second kappa shape index (κ2) is 5.22. The highest BCUT2D eigenvalue weighted by Gasteiger charge is 2.81. The monoisotopic (exact) mass is 308 g/mol. The van der Waals surface area contributed by atoms with E-state index in [4.69, 9.17) is 4.74 Å². The Bertz CT molecular complexity index is 476. The molecule has 10 nitrogen and oxygen atoms in total. The van der Waals surface area contributed by atoms with Crippen LogP contribution in [0.5, 0.6) is 0 Å². The molecule has 1 fully saturated rings. The maximum absolute atomic E-state index is 11.1. The van der Waals surface area contributed by atoms with Crippen molar-refractivity contribution >= 4 is 17.9 Å². The summed E-state index contributed by atoms with van der Waals surface area (Å²) in [4.78, 5) is 33.2. The van der Waals surface area contributed by atoms with Crippen LogP contribution in [0.25, 0.3) is 0 Å². The fourth-order valence-electron chi connectivity index (χ4n) is 1.91. The molecule has 0 saturated carbocycles. The zero-order chi connectivity index (χ0) is 16.6. The van der Waals surface area contributed by atoms with Crippen molar-refractivity contribution in [2.24, 2.45) is 0 Å². The lowest BCUT2D eigenvalue weighted by atomic mass is 10.0. The Morgan fingerprint density at radius 3 is 1.71 bits per heavy atom. The van der Waals surface area contributed by atoms with Gasteiger partial charge in [0.1, 0.15) is 6.10 Å². The van der Waals surface area contributed by atoms with Gasteiger partial charge in [-0.3, -0.25) is 14.4 Å². The summed E-state index contributed by atoms with van der Waals surface area (Å²) in [5.74, 6) is -13.0. The van der Waals surface area contributed by atoms with Gasteiger partial charge in [0.2, 0.25) is 0 Å². The molecule has 120 valence electrons. The fourth-order valence-corrected chi connectivity index (χ4v) is 1.91. The summed E-state index contributed by atoms with van der Waals surface area (Å²) in [5.41, 5.74) is 0. The van der Waals surface area contributed by atoms with Gasteiger partial charge in [0, 0.05) is 20.8 Å². The molecule has 0 bridgehead atoms. The lowest BCUT2D eigenvalue weighted by Crippen LogP contribution is -2.68. The van der Waals surface area contributed by atoms with E-state index in [1.165, 1.54) is 0 Å². The van der Waals surface area contributed by atoms with Gasteiger partial charge in [-0.15, -0.1) is 0 Å². The van der Waals surface area contributed by atoms with Crippen molar-refractivity contribution in [3.63, 3.8) is 0 Å². The third-order valence-corrected chi connectivity index (χ3v) is 2.67. The van der Waals surface area contributed by atoms with Crippen LogP contribution in [-0.2, 0) is 33.3 Å². The number of hydrogen-bond donors (Lipinski definition) is 3. The molecule has 0 unspecified atom stereocenters. The molecule has 10 heteroatoms. The molecule has 0 amide bonds. The average molecular weight is 308 g/mol. The van der Waals surface area contributed by atoms with Gasteiger partial charge in [-0.05, 0) is 6.92 Å². The first kappa shape index (κ1) is 17.3. The summed E-state index contributed by atoms with van der Waals surface area (Å²) in [5, 5.41) is 30.8. The van der Waals surface area contributed by atoms with Gasteiger partial charge in [0.15, 0.2) is 0 Å². The van der Waals surface area contributed by atoms with Gasteiger partial charge < -0.3 is 34.3 Å². The first-order valence-electron chi connectivity index (χ1n) is 5.81. The molecule has 1 aliphatic heterocycles. The lowest BCUT2D eigenvalue weighted by molar-refractivity contribution is -0.455. The van der Waals surface area contributed by atoms with Crippen LogP contribution in [0.4, 0.5) is 0 Å². The van der Waals surface area contributed by atoms with Crippen LogP contribution in [-0.4, -0.2) is 56.9 Å². The normalized spacial score (nSPS) is 38.7. The number of carbonyl (C=O) groups is 3. The summed E-state index contributed by atoms with van der Waals surface area (Å²) in [6.45, 7) is 3.67. The summed E-state index contributed by atoms with van der Waals surface area (Å²) < 4.78 is 18.1. The number of ether oxygens (including phenoxy) is 4. The van der Waals surface area contributed by atoms with Crippen molar-refractivity contribution in [2.45, 2.75) is 51.3 Å². The Morgan fingerprint density at radius 2 is 1.33 bits per heavy atom. The molecule has 1 heterocycles. The minimum atomic E-state index is -3.39. The molecule has 0 aromatic rings. The minimum Gasteiger partial charge on any atom is -0.423 e. The van der Waals surface area contributed by atoms with Crippen LogP contribution < -0.4 is 0 Å². The molecule has 0 aromatic carbocycles. The van der Waals surface area contributed by atoms with Gasteiger partial charge in [0.05, 0.1) is 0 Å². The highest BCUT2D eigenvalue weighted by molar-refractivity contribution is 5.69. The lowest BCUT2D eigenvalue weighted by Gasteiger charge is -2.38. The highest BCUT2D eigenvalue weighted by Crippen LogP contribution is 2.47. The van der Waals surface area contributed by atoms with Gasteiger partial charge in [-0.2, -0.15) is 0 Å². The van der Waals surface area contributed by atoms with E-state index in [1.54, 1.807) is 0 Å². The molecule has 1 rings (SSSR count). The molecule has 4 atom stereocenters. The zero-order valence-corrected chi connectivity index (χ0v) is 11.8. The number of carbonyl (C=O) groups excluding carboxylic acids is 3. The summed E-state index contributed by atoms with van der Waals surface area (Å²) >= 11 is 0. The summed E-state index contributed by atoms with van der Waals surface area (Å²) in [7, 11) is 0. The van der Waals surface area contributed by atoms with Gasteiger partial charge in [-0.25, -0.2) is 0 Å². The second-order valence-electron chi connectivity index (χ2n) is 4.46. The molecule has 1 aliphatic rings. The first-order chi connectivity index (χ1) is 9.38. The minimum absolute atomic E-state index is 0.837. The Balaban J connectivity index is 3.39. The molecule has 21 heavy (non-hydrogen) atoms. The SMILES string of the molecule is CC(=O)O[C@@]1(O)O[C@H](C)[C@](O)(OC(C)=O)[C@]1(O)OC(C)=O. The third-order valence-electron chi connectivity index (χ3n) is 2.67. The van der Waals surface area contributed by atoms with Crippen LogP contribution in [0, 0.1) is 0 Å². The van der Waals surface area contributed by atoms with Crippen molar-refractivity contribution in [2.75, 3.05) is 0 Å². The van der Waals surface area contributed by atoms with Crippen LogP contribution in [0.15, 0.2) is 0 Å². The van der Waals surface area contributed by atoms with E-state index < -0.39 is 41.6 Å². The predicted octanol–water partition coefficient (Wildman–Crippen LogP) is -1.88. The smallest absolute Gasteiger partial charge is 0.404 e. The molecule has 1 saturated heterocycles.